The summed E-state index contributed by atoms with van der Waals surface area (Å²) in [5, 5.41) is 3.25. The molecule has 102 valence electrons. The molecule has 5 nitrogen and oxygen atoms in total. The zero-order valence-electron chi connectivity index (χ0n) is 12.0. The van der Waals surface area contributed by atoms with Crippen LogP contribution in [0.5, 0.6) is 5.88 Å². The van der Waals surface area contributed by atoms with Crippen molar-refractivity contribution in [2.45, 2.75) is 33.3 Å². The number of anilines is 1. The third kappa shape index (κ3) is 5.31. The Hall–Kier alpha value is -1.36. The van der Waals surface area contributed by atoms with Gasteiger partial charge in [0, 0.05) is 19.2 Å². The maximum Gasteiger partial charge on any atom is 0.219 e. The van der Waals surface area contributed by atoms with Crippen LogP contribution in [-0.4, -0.2) is 48.2 Å². The summed E-state index contributed by atoms with van der Waals surface area (Å²) < 4.78 is 5.79. The Balaban J connectivity index is 2.67. The van der Waals surface area contributed by atoms with E-state index in [1.54, 1.807) is 0 Å². The van der Waals surface area contributed by atoms with Gasteiger partial charge >= 0.3 is 0 Å². The van der Waals surface area contributed by atoms with Gasteiger partial charge in [-0.1, -0.05) is 6.92 Å². The number of hydrogen-bond donors (Lipinski definition) is 1. The molecule has 1 aromatic heterocycles. The molecular weight excluding hydrogens is 228 g/mol. The van der Waals surface area contributed by atoms with Crippen LogP contribution in [0.15, 0.2) is 6.07 Å². The van der Waals surface area contributed by atoms with Gasteiger partial charge in [0.25, 0.3) is 0 Å². The van der Waals surface area contributed by atoms with Crippen LogP contribution >= 0.6 is 0 Å². The van der Waals surface area contributed by atoms with Gasteiger partial charge < -0.3 is 15.0 Å². The summed E-state index contributed by atoms with van der Waals surface area (Å²) in [7, 11) is 4.05. The standard InChI is InChI=1S/C13H24N4O/c1-6-7-14-12-8-13(16-11(3)15-12)18-10(2)9-17(4)5/h8,10H,6-7,9H2,1-5H3,(H,14,15,16). The van der Waals surface area contributed by atoms with E-state index in [0.717, 1.165) is 31.2 Å². The van der Waals surface area contributed by atoms with Gasteiger partial charge in [0.05, 0.1) is 0 Å². The maximum atomic E-state index is 5.79. The smallest absolute Gasteiger partial charge is 0.219 e. The van der Waals surface area contributed by atoms with Crippen LogP contribution in [0, 0.1) is 6.92 Å². The predicted molar refractivity (Wildman–Crippen MR) is 74.2 cm³/mol. The van der Waals surface area contributed by atoms with Crippen molar-refractivity contribution in [3.8, 4) is 5.88 Å². The Labute approximate surface area is 110 Å². The van der Waals surface area contributed by atoms with Crippen LogP contribution in [0.25, 0.3) is 0 Å². The second kappa shape index (κ2) is 7.16. The van der Waals surface area contributed by atoms with Gasteiger partial charge in [-0.2, -0.15) is 4.98 Å². The molecule has 5 heteroatoms. The fourth-order valence-corrected chi connectivity index (χ4v) is 1.70. The number of aromatic nitrogens is 2. The van der Waals surface area contributed by atoms with Crippen molar-refractivity contribution in [2.75, 3.05) is 32.5 Å². The number of hydrogen-bond acceptors (Lipinski definition) is 5. The van der Waals surface area contributed by atoms with Crippen LogP contribution in [-0.2, 0) is 0 Å². The number of nitrogens with zero attached hydrogens (tertiary/aromatic N) is 3. The molecule has 1 heterocycles. The molecule has 0 aliphatic carbocycles. The molecule has 1 atom stereocenters. The van der Waals surface area contributed by atoms with Crippen molar-refractivity contribution in [2.24, 2.45) is 0 Å². The summed E-state index contributed by atoms with van der Waals surface area (Å²) in [5.41, 5.74) is 0. The van der Waals surface area contributed by atoms with Crippen molar-refractivity contribution in [1.82, 2.24) is 14.9 Å². The zero-order valence-corrected chi connectivity index (χ0v) is 12.0. The lowest BCUT2D eigenvalue weighted by atomic mass is 10.4. The van der Waals surface area contributed by atoms with Gasteiger partial charge in [0.2, 0.25) is 5.88 Å². The maximum absolute atomic E-state index is 5.79. The molecule has 0 radical (unpaired) electrons. The Bertz CT molecular complexity index is 368. The average Bonchev–Trinajstić information content (AvgIpc) is 2.24. The molecule has 0 saturated carbocycles. The zero-order chi connectivity index (χ0) is 13.5. The molecule has 1 unspecified atom stereocenters. The molecule has 0 aliphatic rings. The normalized spacial score (nSPS) is 12.6. The second-order valence-electron chi connectivity index (χ2n) is 4.76. The Morgan fingerprint density at radius 2 is 2.11 bits per heavy atom. The predicted octanol–water partition coefficient (Wildman–Crippen LogP) is 1.94. The van der Waals surface area contributed by atoms with E-state index in [4.69, 9.17) is 4.74 Å². The molecule has 0 spiro atoms. The third-order valence-corrected chi connectivity index (χ3v) is 2.31. The van der Waals surface area contributed by atoms with E-state index in [0.29, 0.717) is 5.88 Å². The highest BCUT2D eigenvalue weighted by Crippen LogP contribution is 2.14. The van der Waals surface area contributed by atoms with Crippen LogP contribution in [0.2, 0.25) is 0 Å². The van der Waals surface area contributed by atoms with Crippen LogP contribution in [0.1, 0.15) is 26.1 Å². The Morgan fingerprint density at radius 3 is 2.72 bits per heavy atom. The number of ether oxygens (including phenoxy) is 1. The average molecular weight is 252 g/mol. The molecular formula is C13H24N4O. The van der Waals surface area contributed by atoms with E-state index in [1.807, 2.05) is 34.0 Å². The molecule has 0 aliphatic heterocycles. The summed E-state index contributed by atoms with van der Waals surface area (Å²) in [6, 6.07) is 1.86. The number of rotatable bonds is 7. The highest BCUT2D eigenvalue weighted by molar-refractivity contribution is 5.38. The molecule has 18 heavy (non-hydrogen) atoms. The molecule has 1 aromatic rings. The van der Waals surface area contributed by atoms with Gasteiger partial charge in [-0.15, -0.1) is 0 Å². The van der Waals surface area contributed by atoms with Crippen molar-refractivity contribution in [3.05, 3.63) is 11.9 Å². The lowest BCUT2D eigenvalue weighted by Crippen LogP contribution is -2.28. The lowest BCUT2D eigenvalue weighted by molar-refractivity contribution is 0.170. The minimum absolute atomic E-state index is 0.105. The second-order valence-corrected chi connectivity index (χ2v) is 4.76. The largest absolute Gasteiger partial charge is 0.473 e. The quantitative estimate of drug-likeness (QED) is 0.803. The monoisotopic (exact) mass is 252 g/mol. The van der Waals surface area contributed by atoms with Gasteiger partial charge in [-0.3, -0.25) is 0 Å². The molecule has 0 bridgehead atoms. The number of likely N-dealkylation sites (N-methyl/N-ethyl adjacent to an activating group) is 1. The van der Waals surface area contributed by atoms with Gasteiger partial charge in [0.15, 0.2) is 0 Å². The molecule has 1 rings (SSSR count). The molecule has 1 N–H and O–H groups in total. The third-order valence-electron chi connectivity index (χ3n) is 2.31. The van der Waals surface area contributed by atoms with E-state index in [-0.39, 0.29) is 6.10 Å². The minimum atomic E-state index is 0.105. The van der Waals surface area contributed by atoms with Gasteiger partial charge in [-0.25, -0.2) is 4.98 Å². The topological polar surface area (TPSA) is 50.3 Å². The Morgan fingerprint density at radius 1 is 1.39 bits per heavy atom. The first-order chi connectivity index (χ1) is 8.51. The molecule has 0 fully saturated rings. The van der Waals surface area contributed by atoms with Crippen LogP contribution < -0.4 is 10.1 Å². The Kier molecular flexibility index (Phi) is 5.85. The van der Waals surface area contributed by atoms with Crippen molar-refractivity contribution < 1.29 is 4.74 Å². The summed E-state index contributed by atoms with van der Waals surface area (Å²) in [5.74, 6) is 2.19. The first-order valence-electron chi connectivity index (χ1n) is 6.42. The number of nitrogens with one attached hydrogen (secondary N) is 1. The van der Waals surface area contributed by atoms with Gasteiger partial charge in [0.1, 0.15) is 17.7 Å². The fraction of sp³-hybridized carbons (Fsp3) is 0.692. The van der Waals surface area contributed by atoms with E-state index in [9.17, 15) is 0 Å². The molecule has 0 amide bonds. The number of aryl methyl sites for hydroxylation is 1. The first kappa shape index (κ1) is 14.7. The van der Waals surface area contributed by atoms with E-state index < -0.39 is 0 Å². The lowest BCUT2D eigenvalue weighted by Gasteiger charge is -2.18. The first-order valence-corrected chi connectivity index (χ1v) is 6.42. The highest BCUT2D eigenvalue weighted by Gasteiger charge is 2.08. The van der Waals surface area contributed by atoms with Crippen LogP contribution in [0.4, 0.5) is 5.82 Å². The summed E-state index contributed by atoms with van der Waals surface area (Å²) in [4.78, 5) is 10.7. The molecule has 0 aromatic carbocycles. The summed E-state index contributed by atoms with van der Waals surface area (Å²) >= 11 is 0. The van der Waals surface area contributed by atoms with E-state index in [2.05, 4.69) is 27.1 Å². The highest BCUT2D eigenvalue weighted by atomic mass is 16.5. The van der Waals surface area contributed by atoms with Crippen molar-refractivity contribution >= 4 is 5.82 Å². The van der Waals surface area contributed by atoms with E-state index in [1.165, 1.54) is 0 Å². The van der Waals surface area contributed by atoms with Crippen molar-refractivity contribution in [3.63, 3.8) is 0 Å². The van der Waals surface area contributed by atoms with Crippen molar-refractivity contribution in [1.29, 1.82) is 0 Å². The molecule has 0 saturated heterocycles. The summed E-state index contributed by atoms with van der Waals surface area (Å²) in [6.45, 7) is 7.80. The summed E-state index contributed by atoms with van der Waals surface area (Å²) in [6.07, 6.45) is 1.17. The van der Waals surface area contributed by atoms with Gasteiger partial charge in [-0.05, 0) is 34.4 Å². The SMILES string of the molecule is CCCNc1cc(OC(C)CN(C)C)nc(C)n1. The minimum Gasteiger partial charge on any atom is -0.473 e. The fourth-order valence-electron chi connectivity index (χ4n) is 1.70. The van der Waals surface area contributed by atoms with Crippen LogP contribution in [0.3, 0.4) is 0 Å². The van der Waals surface area contributed by atoms with E-state index >= 15 is 0 Å².